The zero-order valence-electron chi connectivity index (χ0n) is 19.8. The van der Waals surface area contributed by atoms with Gasteiger partial charge in [0.05, 0.1) is 32.0 Å². The minimum Gasteiger partial charge on any atom is -0.352 e. The fourth-order valence-electron chi connectivity index (χ4n) is 4.09. The zero-order chi connectivity index (χ0) is 26.6. The lowest BCUT2D eigenvalue weighted by atomic mass is 10.1. The number of halogens is 4. The van der Waals surface area contributed by atoms with Crippen LogP contribution in [0.25, 0.3) is 0 Å². The van der Waals surface area contributed by atoms with Crippen molar-refractivity contribution in [3.05, 3.63) is 62.1 Å². The molecule has 1 atom stereocenters. The molecule has 196 valence electrons. The summed E-state index contributed by atoms with van der Waals surface area (Å²) in [7, 11) is -3.93. The quantitative estimate of drug-likeness (QED) is 0.413. The summed E-state index contributed by atoms with van der Waals surface area (Å²) >= 11 is 24.6. The van der Waals surface area contributed by atoms with Gasteiger partial charge in [0, 0.05) is 12.6 Å². The lowest BCUT2D eigenvalue weighted by Gasteiger charge is -2.32. The van der Waals surface area contributed by atoms with Crippen molar-refractivity contribution in [2.75, 3.05) is 17.1 Å². The fraction of sp³-hybridized carbons (Fsp3) is 0.417. The van der Waals surface area contributed by atoms with Crippen LogP contribution in [0.2, 0.25) is 20.1 Å². The van der Waals surface area contributed by atoms with E-state index in [2.05, 4.69) is 5.32 Å². The van der Waals surface area contributed by atoms with E-state index in [1.165, 1.54) is 23.1 Å². The summed E-state index contributed by atoms with van der Waals surface area (Å²) in [5, 5.41) is 3.80. The van der Waals surface area contributed by atoms with E-state index < -0.39 is 28.5 Å². The number of carbonyl (C=O) groups excluding carboxylic acids is 2. The number of anilines is 1. The Bertz CT molecular complexity index is 1240. The van der Waals surface area contributed by atoms with Crippen LogP contribution in [0.4, 0.5) is 5.69 Å². The number of amides is 2. The summed E-state index contributed by atoms with van der Waals surface area (Å²) in [4.78, 5) is 28.0. The van der Waals surface area contributed by atoms with Gasteiger partial charge in [0.25, 0.3) is 0 Å². The molecular formula is C24H27Cl4N3O4S. The summed E-state index contributed by atoms with van der Waals surface area (Å²) in [5.41, 5.74) is 0.697. The van der Waals surface area contributed by atoms with Crippen LogP contribution < -0.4 is 9.62 Å². The summed E-state index contributed by atoms with van der Waals surface area (Å²) < 4.78 is 26.2. The molecule has 0 radical (unpaired) electrons. The Labute approximate surface area is 231 Å². The Hall–Kier alpha value is -1.71. The number of hydrogen-bond donors (Lipinski definition) is 1. The molecule has 1 aliphatic carbocycles. The van der Waals surface area contributed by atoms with Gasteiger partial charge < -0.3 is 10.2 Å². The number of rotatable bonds is 9. The van der Waals surface area contributed by atoms with Crippen molar-refractivity contribution in [2.45, 2.75) is 51.2 Å². The van der Waals surface area contributed by atoms with Crippen LogP contribution in [-0.4, -0.2) is 50.0 Å². The molecule has 1 N–H and O–H groups in total. The molecule has 12 heteroatoms. The second-order valence-electron chi connectivity index (χ2n) is 8.78. The van der Waals surface area contributed by atoms with Gasteiger partial charge in [-0.2, -0.15) is 0 Å². The summed E-state index contributed by atoms with van der Waals surface area (Å²) in [6.07, 6.45) is 4.81. The van der Waals surface area contributed by atoms with Crippen LogP contribution >= 0.6 is 46.4 Å². The molecular weight excluding hydrogens is 568 g/mol. The van der Waals surface area contributed by atoms with Crippen molar-refractivity contribution in [3.8, 4) is 0 Å². The topological polar surface area (TPSA) is 86.8 Å². The van der Waals surface area contributed by atoms with Crippen molar-refractivity contribution in [1.82, 2.24) is 10.2 Å². The minimum absolute atomic E-state index is 0.000416. The first kappa shape index (κ1) is 28.9. The molecule has 0 heterocycles. The van der Waals surface area contributed by atoms with E-state index in [0.717, 1.165) is 36.2 Å². The number of sulfonamides is 1. The van der Waals surface area contributed by atoms with E-state index in [1.54, 1.807) is 25.1 Å². The normalized spacial score (nSPS) is 14.9. The zero-order valence-corrected chi connectivity index (χ0v) is 23.6. The molecule has 1 fully saturated rings. The first-order valence-corrected chi connectivity index (χ1v) is 14.7. The third-order valence-corrected chi connectivity index (χ3v) is 8.76. The Balaban J connectivity index is 1.93. The third kappa shape index (κ3) is 7.19. The Kier molecular flexibility index (Phi) is 9.80. The number of hydrogen-bond acceptors (Lipinski definition) is 4. The van der Waals surface area contributed by atoms with E-state index in [4.69, 9.17) is 46.4 Å². The number of nitrogens with zero attached hydrogens (tertiary/aromatic N) is 2. The van der Waals surface area contributed by atoms with Crippen LogP contribution in [0, 0.1) is 0 Å². The molecule has 1 aliphatic rings. The second kappa shape index (κ2) is 12.2. The van der Waals surface area contributed by atoms with Crippen LogP contribution in [0.5, 0.6) is 0 Å². The van der Waals surface area contributed by atoms with Gasteiger partial charge in [-0.1, -0.05) is 71.4 Å². The van der Waals surface area contributed by atoms with Crippen molar-refractivity contribution in [2.24, 2.45) is 0 Å². The smallest absolute Gasteiger partial charge is 0.244 e. The van der Waals surface area contributed by atoms with Gasteiger partial charge in [-0.15, -0.1) is 0 Å². The van der Waals surface area contributed by atoms with Crippen molar-refractivity contribution >= 4 is 73.9 Å². The highest BCUT2D eigenvalue weighted by atomic mass is 35.5. The fourth-order valence-corrected chi connectivity index (χ4v) is 5.71. The SMILES string of the molecule is C[C@H](C(=O)NC1CCCC1)N(Cc1ccc(Cl)c(Cl)c1)C(=O)CN(c1cccc(Cl)c1Cl)S(C)(=O)=O. The van der Waals surface area contributed by atoms with E-state index in [1.807, 2.05) is 0 Å². The minimum atomic E-state index is -3.93. The predicted octanol–water partition coefficient (Wildman–Crippen LogP) is 5.54. The monoisotopic (exact) mass is 593 g/mol. The molecule has 2 aromatic carbocycles. The predicted molar refractivity (Wildman–Crippen MR) is 146 cm³/mol. The van der Waals surface area contributed by atoms with Crippen LogP contribution in [0.1, 0.15) is 38.2 Å². The number of nitrogens with one attached hydrogen (secondary N) is 1. The van der Waals surface area contributed by atoms with Gasteiger partial charge in [0.1, 0.15) is 12.6 Å². The highest BCUT2D eigenvalue weighted by Crippen LogP contribution is 2.34. The maximum absolute atomic E-state index is 13.6. The maximum Gasteiger partial charge on any atom is 0.244 e. The number of carbonyl (C=O) groups is 2. The lowest BCUT2D eigenvalue weighted by molar-refractivity contribution is -0.139. The van der Waals surface area contributed by atoms with Gasteiger partial charge in [-0.05, 0) is 49.6 Å². The van der Waals surface area contributed by atoms with Crippen molar-refractivity contribution in [1.29, 1.82) is 0 Å². The van der Waals surface area contributed by atoms with E-state index >= 15 is 0 Å². The molecule has 0 spiro atoms. The van der Waals surface area contributed by atoms with Gasteiger partial charge in [0.2, 0.25) is 21.8 Å². The molecule has 2 amide bonds. The Morgan fingerprint density at radius 1 is 1.03 bits per heavy atom. The van der Waals surface area contributed by atoms with Gasteiger partial charge in [-0.3, -0.25) is 13.9 Å². The maximum atomic E-state index is 13.6. The van der Waals surface area contributed by atoms with Crippen LogP contribution in [0.3, 0.4) is 0 Å². The first-order valence-electron chi connectivity index (χ1n) is 11.3. The summed E-state index contributed by atoms with van der Waals surface area (Å²) in [6.45, 7) is 1.04. The number of benzene rings is 2. The van der Waals surface area contributed by atoms with Crippen molar-refractivity contribution < 1.29 is 18.0 Å². The van der Waals surface area contributed by atoms with Gasteiger partial charge in [0.15, 0.2) is 0 Å². The molecule has 0 unspecified atom stereocenters. The highest BCUT2D eigenvalue weighted by Gasteiger charge is 2.32. The Morgan fingerprint density at radius 2 is 1.69 bits per heavy atom. The summed E-state index contributed by atoms with van der Waals surface area (Å²) in [6, 6.07) is 8.58. The van der Waals surface area contributed by atoms with E-state index in [0.29, 0.717) is 15.6 Å². The van der Waals surface area contributed by atoms with E-state index in [9.17, 15) is 18.0 Å². The molecule has 0 aromatic heterocycles. The summed E-state index contributed by atoms with van der Waals surface area (Å²) in [5.74, 6) is -0.918. The Morgan fingerprint density at radius 3 is 2.31 bits per heavy atom. The largest absolute Gasteiger partial charge is 0.352 e. The molecule has 36 heavy (non-hydrogen) atoms. The average Bonchev–Trinajstić information content (AvgIpc) is 3.32. The first-order chi connectivity index (χ1) is 16.9. The molecule has 7 nitrogen and oxygen atoms in total. The van der Waals surface area contributed by atoms with Gasteiger partial charge in [-0.25, -0.2) is 8.42 Å². The molecule has 1 saturated carbocycles. The second-order valence-corrected chi connectivity index (χ2v) is 12.3. The average molecular weight is 595 g/mol. The van der Waals surface area contributed by atoms with Crippen LogP contribution in [0.15, 0.2) is 36.4 Å². The lowest BCUT2D eigenvalue weighted by Crippen LogP contribution is -2.52. The van der Waals surface area contributed by atoms with Crippen molar-refractivity contribution in [3.63, 3.8) is 0 Å². The molecule has 0 saturated heterocycles. The third-order valence-electron chi connectivity index (χ3n) is 6.08. The molecule has 2 aromatic rings. The molecule has 0 bridgehead atoms. The standard InChI is InChI=1S/C24H27Cl4N3O4S/c1-15(24(33)29-17-6-3-4-7-17)30(13-16-10-11-18(25)20(27)12-16)22(32)14-31(36(2,34)35)21-9-5-8-19(26)23(21)28/h5,8-12,15,17H,3-4,6-7,13-14H2,1-2H3,(H,29,33)/t15-/m1/s1. The van der Waals surface area contributed by atoms with E-state index in [-0.39, 0.29) is 34.2 Å². The van der Waals surface area contributed by atoms with Gasteiger partial charge >= 0.3 is 0 Å². The molecule has 3 rings (SSSR count). The highest BCUT2D eigenvalue weighted by molar-refractivity contribution is 7.92. The molecule has 0 aliphatic heterocycles. The van der Waals surface area contributed by atoms with Crippen LogP contribution in [-0.2, 0) is 26.2 Å².